The first-order valence-electron chi connectivity index (χ1n) is 3.18. The van der Waals surface area contributed by atoms with Crippen LogP contribution >= 0.6 is 34.2 Å². The van der Waals surface area contributed by atoms with E-state index < -0.39 is 5.82 Å². The van der Waals surface area contributed by atoms with Gasteiger partial charge in [-0.25, -0.2) is 4.39 Å². The van der Waals surface area contributed by atoms with Crippen LogP contribution in [0.1, 0.15) is 17.3 Å². The summed E-state index contributed by atoms with van der Waals surface area (Å²) in [6, 6.07) is 2.66. The van der Waals surface area contributed by atoms with E-state index in [9.17, 15) is 9.18 Å². The van der Waals surface area contributed by atoms with Gasteiger partial charge in [-0.1, -0.05) is 11.6 Å². The van der Waals surface area contributed by atoms with Gasteiger partial charge in [0.1, 0.15) is 5.82 Å². The standard InChI is InChI=1S/C8H5ClFIO/c1-4(12)6-2-5(9)3-7(10)8(6)11/h2-3H,1H3. The Bertz CT molecular complexity index is 338. The van der Waals surface area contributed by atoms with Crippen molar-refractivity contribution in [3.8, 4) is 0 Å². The van der Waals surface area contributed by atoms with Gasteiger partial charge >= 0.3 is 0 Å². The largest absolute Gasteiger partial charge is 0.294 e. The maximum atomic E-state index is 13.0. The molecule has 4 heteroatoms. The lowest BCUT2D eigenvalue weighted by Gasteiger charge is -2.01. The van der Waals surface area contributed by atoms with Crippen molar-refractivity contribution in [3.63, 3.8) is 0 Å². The fourth-order valence-corrected chi connectivity index (χ4v) is 1.71. The molecule has 0 saturated heterocycles. The van der Waals surface area contributed by atoms with Crippen LogP contribution < -0.4 is 0 Å². The van der Waals surface area contributed by atoms with Gasteiger partial charge in [-0.05, 0) is 41.6 Å². The molecule has 0 heterocycles. The maximum Gasteiger partial charge on any atom is 0.161 e. The van der Waals surface area contributed by atoms with Crippen molar-refractivity contribution in [1.82, 2.24) is 0 Å². The average Bonchev–Trinajstić information content (AvgIpc) is 1.96. The van der Waals surface area contributed by atoms with Crippen LogP contribution in [0.4, 0.5) is 4.39 Å². The SMILES string of the molecule is CC(=O)c1cc(Cl)cc(F)c1I. The molecule has 1 nitrogen and oxygen atoms in total. The highest BCUT2D eigenvalue weighted by atomic mass is 127. The van der Waals surface area contributed by atoms with Crippen LogP contribution in [-0.4, -0.2) is 5.78 Å². The molecule has 64 valence electrons. The lowest BCUT2D eigenvalue weighted by Crippen LogP contribution is -1.98. The molecule has 0 unspecified atom stereocenters. The van der Waals surface area contributed by atoms with Gasteiger partial charge in [0.2, 0.25) is 0 Å². The van der Waals surface area contributed by atoms with Crippen molar-refractivity contribution in [1.29, 1.82) is 0 Å². The predicted octanol–water partition coefficient (Wildman–Crippen LogP) is 3.29. The summed E-state index contributed by atoms with van der Waals surface area (Å²) in [7, 11) is 0. The zero-order valence-electron chi connectivity index (χ0n) is 6.20. The predicted molar refractivity (Wildman–Crippen MR) is 54.1 cm³/mol. The van der Waals surface area contributed by atoms with Crippen molar-refractivity contribution in [2.45, 2.75) is 6.92 Å². The first-order valence-corrected chi connectivity index (χ1v) is 4.63. The van der Waals surface area contributed by atoms with E-state index in [0.29, 0.717) is 9.13 Å². The van der Waals surface area contributed by atoms with E-state index in [1.54, 1.807) is 22.6 Å². The quantitative estimate of drug-likeness (QED) is 0.442. The Morgan fingerprint density at radius 3 is 2.67 bits per heavy atom. The minimum absolute atomic E-state index is 0.180. The fraction of sp³-hybridized carbons (Fsp3) is 0.125. The molecule has 12 heavy (non-hydrogen) atoms. The number of hydrogen-bond acceptors (Lipinski definition) is 1. The molecule has 0 atom stereocenters. The van der Waals surface area contributed by atoms with Crippen LogP contribution in [0.25, 0.3) is 0 Å². The summed E-state index contributed by atoms with van der Waals surface area (Å²) < 4.78 is 13.3. The van der Waals surface area contributed by atoms with Gasteiger partial charge in [0.15, 0.2) is 5.78 Å². The van der Waals surface area contributed by atoms with E-state index in [1.807, 2.05) is 0 Å². The number of halogens is 3. The summed E-state index contributed by atoms with van der Waals surface area (Å²) in [5, 5.41) is 0.248. The molecular formula is C8H5ClFIO. The maximum absolute atomic E-state index is 13.0. The number of Topliss-reactive ketones (excluding diaryl/α,β-unsaturated/α-hetero) is 1. The van der Waals surface area contributed by atoms with Crippen LogP contribution in [0.2, 0.25) is 5.02 Å². The van der Waals surface area contributed by atoms with E-state index in [4.69, 9.17) is 11.6 Å². The highest BCUT2D eigenvalue weighted by Crippen LogP contribution is 2.21. The Morgan fingerprint density at radius 1 is 1.58 bits per heavy atom. The smallest absolute Gasteiger partial charge is 0.161 e. The Hall–Kier alpha value is -0.160. The highest BCUT2D eigenvalue weighted by Gasteiger charge is 2.10. The fourth-order valence-electron chi connectivity index (χ4n) is 0.812. The molecule has 0 aliphatic heterocycles. The van der Waals surface area contributed by atoms with Gasteiger partial charge in [0.05, 0.1) is 3.57 Å². The van der Waals surface area contributed by atoms with Crippen molar-refractivity contribution in [3.05, 3.63) is 32.1 Å². The number of carbonyl (C=O) groups excluding carboxylic acids is 1. The molecule has 1 aromatic carbocycles. The molecule has 0 aliphatic rings. The second-order valence-electron chi connectivity index (χ2n) is 2.31. The highest BCUT2D eigenvalue weighted by molar-refractivity contribution is 14.1. The van der Waals surface area contributed by atoms with Crippen molar-refractivity contribution in [2.24, 2.45) is 0 Å². The molecule has 1 rings (SSSR count). The molecule has 0 radical (unpaired) electrons. The third kappa shape index (κ3) is 1.95. The first-order chi connectivity index (χ1) is 5.52. The second-order valence-corrected chi connectivity index (χ2v) is 3.82. The first kappa shape index (κ1) is 9.92. The van der Waals surface area contributed by atoms with Crippen LogP contribution in [0, 0.1) is 9.39 Å². The summed E-state index contributed by atoms with van der Waals surface area (Å²) in [6.45, 7) is 1.38. The Kier molecular flexibility index (Phi) is 3.06. The third-order valence-corrected chi connectivity index (χ3v) is 2.69. The second kappa shape index (κ2) is 3.70. The number of benzene rings is 1. The summed E-state index contributed by atoms with van der Waals surface area (Å²) >= 11 is 7.35. The normalized spacial score (nSPS) is 10.0. The molecule has 0 bridgehead atoms. The van der Waals surface area contributed by atoms with E-state index in [-0.39, 0.29) is 10.8 Å². The lowest BCUT2D eigenvalue weighted by molar-refractivity contribution is 0.101. The zero-order valence-corrected chi connectivity index (χ0v) is 9.11. The number of rotatable bonds is 1. The minimum atomic E-state index is -0.451. The third-order valence-electron chi connectivity index (χ3n) is 1.37. The number of hydrogen-bond donors (Lipinski definition) is 0. The van der Waals surface area contributed by atoms with Crippen LogP contribution in [-0.2, 0) is 0 Å². The Morgan fingerprint density at radius 2 is 2.17 bits per heavy atom. The summed E-state index contributed by atoms with van der Waals surface area (Å²) in [5.41, 5.74) is 0.334. The van der Waals surface area contributed by atoms with E-state index in [0.717, 1.165) is 0 Å². The topological polar surface area (TPSA) is 17.1 Å². The van der Waals surface area contributed by atoms with Gasteiger partial charge in [-0.15, -0.1) is 0 Å². The Labute approximate surface area is 88.1 Å². The number of ketones is 1. The van der Waals surface area contributed by atoms with Gasteiger partial charge in [-0.3, -0.25) is 4.79 Å². The van der Waals surface area contributed by atoms with E-state index in [2.05, 4.69) is 0 Å². The molecule has 0 aliphatic carbocycles. The molecule has 0 amide bonds. The van der Waals surface area contributed by atoms with Gasteiger partial charge in [0.25, 0.3) is 0 Å². The van der Waals surface area contributed by atoms with Gasteiger partial charge in [0, 0.05) is 10.6 Å². The zero-order chi connectivity index (χ0) is 9.30. The Balaban J connectivity index is 3.37. The van der Waals surface area contributed by atoms with Crippen LogP contribution in [0.5, 0.6) is 0 Å². The van der Waals surface area contributed by atoms with Crippen LogP contribution in [0.15, 0.2) is 12.1 Å². The monoisotopic (exact) mass is 298 g/mol. The number of carbonyl (C=O) groups is 1. The van der Waals surface area contributed by atoms with Crippen molar-refractivity contribution >= 4 is 40.0 Å². The summed E-state index contributed by atoms with van der Waals surface area (Å²) in [5.74, 6) is -0.630. The molecular weight excluding hydrogens is 293 g/mol. The summed E-state index contributed by atoms with van der Waals surface area (Å²) in [4.78, 5) is 10.9. The molecule has 0 spiro atoms. The molecule has 0 aromatic heterocycles. The van der Waals surface area contributed by atoms with E-state index >= 15 is 0 Å². The van der Waals surface area contributed by atoms with Crippen molar-refractivity contribution < 1.29 is 9.18 Å². The average molecular weight is 298 g/mol. The van der Waals surface area contributed by atoms with Gasteiger partial charge in [-0.2, -0.15) is 0 Å². The summed E-state index contributed by atoms with van der Waals surface area (Å²) in [6.07, 6.45) is 0. The van der Waals surface area contributed by atoms with Gasteiger partial charge < -0.3 is 0 Å². The molecule has 0 fully saturated rings. The van der Waals surface area contributed by atoms with Crippen LogP contribution in [0.3, 0.4) is 0 Å². The molecule has 0 saturated carbocycles. The minimum Gasteiger partial charge on any atom is -0.294 e. The molecule has 0 N–H and O–H groups in total. The van der Waals surface area contributed by atoms with E-state index in [1.165, 1.54) is 19.1 Å². The van der Waals surface area contributed by atoms with Crippen molar-refractivity contribution in [2.75, 3.05) is 0 Å². The molecule has 1 aromatic rings. The lowest BCUT2D eigenvalue weighted by atomic mass is 10.1.